The van der Waals surface area contributed by atoms with Gasteiger partial charge >= 0.3 is 0 Å². The first-order valence-electron chi connectivity index (χ1n) is 12.0. The van der Waals surface area contributed by atoms with E-state index in [4.69, 9.17) is 21.7 Å². The molecule has 2 aliphatic rings. The number of hydrogen-bond donors (Lipinski definition) is 0. The zero-order valence-corrected chi connectivity index (χ0v) is 21.6. The molecule has 0 radical (unpaired) electrons. The molecule has 0 bridgehead atoms. The lowest BCUT2D eigenvalue weighted by Crippen LogP contribution is -2.32. The van der Waals surface area contributed by atoms with Gasteiger partial charge in [0.05, 0.1) is 17.2 Å². The minimum atomic E-state index is -0.157. The Balaban J connectivity index is 1.37. The topological polar surface area (TPSA) is 59.1 Å². The lowest BCUT2D eigenvalue weighted by Gasteiger charge is -2.17. The fourth-order valence-corrected chi connectivity index (χ4v) is 5.71. The first kappa shape index (κ1) is 24.3. The fourth-order valence-electron chi connectivity index (χ4n) is 4.43. The predicted octanol–water partition coefficient (Wildman–Crippen LogP) is 5.65. The molecule has 8 heteroatoms. The number of carbonyl (C=O) groups is 2. The minimum absolute atomic E-state index is 0.0175. The largest absolute Gasteiger partial charge is 0.490 e. The molecule has 0 aliphatic carbocycles. The van der Waals surface area contributed by atoms with Crippen LogP contribution < -0.4 is 14.4 Å². The molecule has 0 unspecified atom stereocenters. The molecule has 0 spiro atoms. The number of rotatable bonds is 7. The van der Waals surface area contributed by atoms with E-state index in [1.807, 2.05) is 72.5 Å². The van der Waals surface area contributed by atoms with E-state index in [1.165, 1.54) is 11.8 Å². The van der Waals surface area contributed by atoms with Crippen molar-refractivity contribution in [2.24, 2.45) is 0 Å². The Morgan fingerprint density at radius 2 is 1.81 bits per heavy atom. The number of fused-ring (bicyclic) bond motifs is 1. The van der Waals surface area contributed by atoms with Crippen LogP contribution in [0.5, 0.6) is 11.5 Å². The van der Waals surface area contributed by atoms with Crippen LogP contribution in [0.15, 0.2) is 65.6 Å². The summed E-state index contributed by atoms with van der Waals surface area (Å²) in [5, 5.41) is 2.02. The predicted molar refractivity (Wildman–Crippen MR) is 149 cm³/mol. The number of anilines is 1. The molecule has 5 rings (SSSR count). The number of thiocarbonyl (C=S) groups is 1. The lowest BCUT2D eigenvalue weighted by molar-refractivity contribution is -0.132. The summed E-state index contributed by atoms with van der Waals surface area (Å²) in [5.41, 5.74) is 1.57. The van der Waals surface area contributed by atoms with Gasteiger partial charge in [0.25, 0.3) is 11.8 Å². The Hall–Kier alpha value is -3.36. The molecule has 2 aliphatic heterocycles. The number of likely N-dealkylation sites (tertiary alicyclic amines) is 1. The summed E-state index contributed by atoms with van der Waals surface area (Å²) < 4.78 is 12.1. The molecule has 2 fully saturated rings. The Labute approximate surface area is 219 Å². The number of thioether (sulfide) groups is 1. The van der Waals surface area contributed by atoms with Crippen molar-refractivity contribution in [1.29, 1.82) is 0 Å². The molecular formula is C28H26N2O4S2. The molecule has 0 atom stereocenters. The Morgan fingerprint density at radius 1 is 1.03 bits per heavy atom. The van der Waals surface area contributed by atoms with Gasteiger partial charge in [-0.25, -0.2) is 0 Å². The zero-order valence-electron chi connectivity index (χ0n) is 19.9. The zero-order chi connectivity index (χ0) is 25.1. The number of amides is 2. The van der Waals surface area contributed by atoms with Crippen molar-refractivity contribution in [1.82, 2.24) is 4.90 Å². The molecule has 184 valence electrons. The standard InChI is InChI=1S/C28H26N2O4S2/c1-2-33-24-16-19(12-13-23(24)34-18-26(31)29-14-5-6-15-29)17-25-27(32)30(28(35)36-25)22-11-7-9-20-8-3-4-10-21(20)22/h3-4,7-13,16-17H,2,5-6,14-15,18H2,1H3/b25-17+. The van der Waals surface area contributed by atoms with Crippen molar-refractivity contribution < 1.29 is 19.1 Å². The molecule has 2 heterocycles. The van der Waals surface area contributed by atoms with E-state index in [-0.39, 0.29) is 18.4 Å². The summed E-state index contributed by atoms with van der Waals surface area (Å²) in [5.74, 6) is 0.863. The van der Waals surface area contributed by atoms with Gasteiger partial charge in [-0.05, 0) is 55.0 Å². The maximum atomic E-state index is 13.4. The highest BCUT2D eigenvalue weighted by Gasteiger charge is 2.34. The van der Waals surface area contributed by atoms with Crippen LogP contribution in [0.4, 0.5) is 5.69 Å². The van der Waals surface area contributed by atoms with Crippen molar-refractivity contribution in [2.75, 3.05) is 31.2 Å². The van der Waals surface area contributed by atoms with Crippen LogP contribution in [0, 0.1) is 0 Å². The van der Waals surface area contributed by atoms with Gasteiger partial charge in [-0.15, -0.1) is 0 Å². The summed E-state index contributed by atoms with van der Waals surface area (Å²) in [6.07, 6.45) is 3.89. The first-order chi connectivity index (χ1) is 17.5. The summed E-state index contributed by atoms with van der Waals surface area (Å²) in [6, 6.07) is 19.3. The van der Waals surface area contributed by atoms with Crippen LogP contribution in [0.3, 0.4) is 0 Å². The highest BCUT2D eigenvalue weighted by molar-refractivity contribution is 8.27. The van der Waals surface area contributed by atoms with Crippen LogP contribution >= 0.6 is 24.0 Å². The van der Waals surface area contributed by atoms with Crippen LogP contribution in [0.1, 0.15) is 25.3 Å². The fraction of sp³-hybridized carbons (Fsp3) is 0.250. The molecule has 2 saturated heterocycles. The number of ether oxygens (including phenoxy) is 2. The second kappa shape index (κ2) is 10.7. The normalized spacial score (nSPS) is 16.9. The van der Waals surface area contributed by atoms with Gasteiger partial charge < -0.3 is 14.4 Å². The van der Waals surface area contributed by atoms with E-state index >= 15 is 0 Å². The average molecular weight is 519 g/mol. The van der Waals surface area contributed by atoms with Gasteiger partial charge in [-0.3, -0.25) is 14.5 Å². The molecule has 3 aromatic rings. The second-order valence-corrected chi connectivity index (χ2v) is 10.2. The molecule has 0 saturated carbocycles. The Bertz CT molecular complexity index is 1360. The molecule has 0 aromatic heterocycles. The average Bonchev–Trinajstić information content (AvgIpc) is 3.52. The smallest absolute Gasteiger partial charge is 0.270 e. The van der Waals surface area contributed by atoms with Crippen LogP contribution in [-0.2, 0) is 9.59 Å². The molecule has 6 nitrogen and oxygen atoms in total. The Morgan fingerprint density at radius 3 is 2.61 bits per heavy atom. The van der Waals surface area contributed by atoms with Crippen molar-refractivity contribution in [3.63, 3.8) is 0 Å². The van der Waals surface area contributed by atoms with Gasteiger partial charge in [0.2, 0.25) is 0 Å². The number of nitrogens with zero attached hydrogens (tertiary/aromatic N) is 2. The third kappa shape index (κ3) is 4.96. The summed E-state index contributed by atoms with van der Waals surface area (Å²) in [7, 11) is 0. The minimum Gasteiger partial charge on any atom is -0.490 e. The molecule has 0 N–H and O–H groups in total. The third-order valence-electron chi connectivity index (χ3n) is 6.18. The summed E-state index contributed by atoms with van der Waals surface area (Å²) in [4.78, 5) is 29.7. The lowest BCUT2D eigenvalue weighted by atomic mass is 10.1. The maximum absolute atomic E-state index is 13.4. The van der Waals surface area contributed by atoms with Crippen LogP contribution in [0.25, 0.3) is 16.8 Å². The van der Waals surface area contributed by atoms with Gasteiger partial charge in [0.15, 0.2) is 22.4 Å². The molecule has 36 heavy (non-hydrogen) atoms. The number of benzene rings is 3. The van der Waals surface area contributed by atoms with Crippen molar-refractivity contribution in [2.45, 2.75) is 19.8 Å². The number of carbonyl (C=O) groups excluding carboxylic acids is 2. The van der Waals surface area contributed by atoms with Gasteiger partial charge in [-0.2, -0.15) is 0 Å². The van der Waals surface area contributed by atoms with Gasteiger partial charge in [0, 0.05) is 18.5 Å². The van der Waals surface area contributed by atoms with E-state index in [2.05, 4.69) is 0 Å². The van der Waals surface area contributed by atoms with Crippen molar-refractivity contribution in [3.8, 4) is 11.5 Å². The van der Waals surface area contributed by atoms with Crippen LogP contribution in [-0.4, -0.2) is 47.3 Å². The first-order valence-corrected chi connectivity index (χ1v) is 13.2. The highest BCUT2D eigenvalue weighted by Crippen LogP contribution is 2.39. The van der Waals surface area contributed by atoms with Crippen molar-refractivity contribution in [3.05, 3.63) is 71.1 Å². The quantitative estimate of drug-likeness (QED) is 0.298. The molecular weight excluding hydrogens is 492 g/mol. The number of hydrogen-bond acceptors (Lipinski definition) is 6. The van der Waals surface area contributed by atoms with Gasteiger partial charge in [-0.1, -0.05) is 66.4 Å². The second-order valence-electron chi connectivity index (χ2n) is 8.53. The third-order valence-corrected chi connectivity index (χ3v) is 7.48. The van der Waals surface area contributed by atoms with E-state index in [0.717, 1.165) is 48.0 Å². The van der Waals surface area contributed by atoms with Crippen LogP contribution in [0.2, 0.25) is 0 Å². The summed E-state index contributed by atoms with van der Waals surface area (Å²) in [6.45, 7) is 3.89. The SMILES string of the molecule is CCOc1cc(/C=C2/SC(=S)N(c3cccc4ccccc34)C2=O)ccc1OCC(=O)N1CCCC1. The van der Waals surface area contributed by atoms with E-state index < -0.39 is 0 Å². The van der Waals surface area contributed by atoms with E-state index in [9.17, 15) is 9.59 Å². The highest BCUT2D eigenvalue weighted by atomic mass is 32.2. The maximum Gasteiger partial charge on any atom is 0.270 e. The molecule has 3 aromatic carbocycles. The molecule has 2 amide bonds. The Kier molecular flexibility index (Phi) is 7.25. The van der Waals surface area contributed by atoms with Gasteiger partial charge in [0.1, 0.15) is 0 Å². The van der Waals surface area contributed by atoms with E-state index in [1.54, 1.807) is 11.0 Å². The monoisotopic (exact) mass is 518 g/mol. The summed E-state index contributed by atoms with van der Waals surface area (Å²) >= 11 is 6.87. The van der Waals surface area contributed by atoms with E-state index in [0.29, 0.717) is 27.3 Å². The van der Waals surface area contributed by atoms with Crippen molar-refractivity contribution >= 4 is 62.7 Å².